The molecule has 1 aromatic heterocycles. The van der Waals surface area contributed by atoms with Crippen LogP contribution in [0.4, 0.5) is 0 Å². The van der Waals surface area contributed by atoms with E-state index in [1.54, 1.807) is 6.08 Å². The number of hydrazone groups is 1. The maximum absolute atomic E-state index is 12.9. The monoisotopic (exact) mass is 462 g/mol. The minimum Gasteiger partial charge on any atom is -0.378 e. The second kappa shape index (κ2) is 8.31. The van der Waals surface area contributed by atoms with Crippen LogP contribution >= 0.6 is 11.8 Å². The molecule has 0 aliphatic carbocycles. The number of aromatic nitrogens is 1. The number of amides is 1. The Balaban J connectivity index is 1.49. The van der Waals surface area contributed by atoms with Gasteiger partial charge in [0, 0.05) is 30.2 Å². The molecule has 1 amide bonds. The molecule has 1 aromatic carbocycles. The Morgan fingerprint density at radius 3 is 2.58 bits per heavy atom. The van der Waals surface area contributed by atoms with Gasteiger partial charge in [0.05, 0.1) is 18.8 Å². The zero-order chi connectivity index (χ0) is 23.3. The molecular formula is C24H26N6O2S. The van der Waals surface area contributed by atoms with Gasteiger partial charge in [-0.05, 0) is 68.8 Å². The van der Waals surface area contributed by atoms with E-state index >= 15 is 0 Å². The number of aliphatic imine (C=N–C) groups is 1. The summed E-state index contributed by atoms with van der Waals surface area (Å²) < 4.78 is 7.60. The molecule has 5 rings (SSSR count). The van der Waals surface area contributed by atoms with Gasteiger partial charge < -0.3 is 14.2 Å². The van der Waals surface area contributed by atoms with E-state index in [1.807, 2.05) is 13.0 Å². The highest BCUT2D eigenvalue weighted by molar-refractivity contribution is 8.26. The lowest BCUT2D eigenvalue weighted by Crippen LogP contribution is -2.39. The molecule has 0 unspecified atom stereocenters. The Morgan fingerprint density at radius 1 is 1.09 bits per heavy atom. The van der Waals surface area contributed by atoms with Gasteiger partial charge in [0.25, 0.3) is 5.91 Å². The largest absolute Gasteiger partial charge is 0.378 e. The van der Waals surface area contributed by atoms with Crippen molar-refractivity contribution in [1.29, 1.82) is 5.41 Å². The fourth-order valence-corrected chi connectivity index (χ4v) is 5.33. The normalized spacial score (nSPS) is 19.8. The van der Waals surface area contributed by atoms with Crippen molar-refractivity contribution in [1.82, 2.24) is 14.5 Å². The first-order valence-corrected chi connectivity index (χ1v) is 11.7. The molecule has 0 atom stereocenters. The number of aryl methyl sites for hydroxylation is 3. The second-order valence-corrected chi connectivity index (χ2v) is 9.39. The van der Waals surface area contributed by atoms with Crippen molar-refractivity contribution in [2.75, 3.05) is 26.3 Å². The summed E-state index contributed by atoms with van der Waals surface area (Å²) >= 11 is 1.33. The van der Waals surface area contributed by atoms with E-state index in [0.29, 0.717) is 18.4 Å². The van der Waals surface area contributed by atoms with Crippen LogP contribution in [0.5, 0.6) is 0 Å². The van der Waals surface area contributed by atoms with Gasteiger partial charge >= 0.3 is 0 Å². The molecule has 2 aromatic rings. The standard InChI is InChI=1S/C24H26N6O2S/c1-14-5-6-20(15(2)11-14)29-16(3)12-18(17(29)4)13-19-21(25)30-23(26-22(19)31)33-24(27-30)28-7-9-32-10-8-28/h5-6,11-13,25H,7-10H2,1-4H3/b19-13-,25-21?. The Kier molecular flexibility index (Phi) is 5.46. The van der Waals surface area contributed by atoms with Gasteiger partial charge in [-0.15, -0.1) is 5.10 Å². The highest BCUT2D eigenvalue weighted by Gasteiger charge is 2.37. The Labute approximate surface area is 197 Å². The van der Waals surface area contributed by atoms with E-state index in [-0.39, 0.29) is 11.4 Å². The molecule has 0 spiro atoms. The number of carbonyl (C=O) groups is 1. The number of rotatable bonds is 2. The van der Waals surface area contributed by atoms with Crippen LogP contribution in [0.2, 0.25) is 0 Å². The van der Waals surface area contributed by atoms with Crippen molar-refractivity contribution in [2.45, 2.75) is 27.7 Å². The summed E-state index contributed by atoms with van der Waals surface area (Å²) in [6, 6.07) is 8.43. The van der Waals surface area contributed by atoms with Crippen molar-refractivity contribution in [3.63, 3.8) is 0 Å². The fourth-order valence-electron chi connectivity index (χ4n) is 4.38. The van der Waals surface area contributed by atoms with Crippen LogP contribution in [0.25, 0.3) is 11.8 Å². The Morgan fingerprint density at radius 2 is 1.85 bits per heavy atom. The average molecular weight is 463 g/mol. The summed E-state index contributed by atoms with van der Waals surface area (Å²) in [5.41, 5.74) is 6.73. The average Bonchev–Trinajstić information content (AvgIpc) is 3.33. The first kappa shape index (κ1) is 21.7. The third-order valence-corrected chi connectivity index (χ3v) is 7.06. The number of benzene rings is 1. The Bertz CT molecular complexity index is 1270. The minimum absolute atomic E-state index is 0.0529. The van der Waals surface area contributed by atoms with Crippen LogP contribution in [0.3, 0.4) is 0 Å². The molecular weight excluding hydrogens is 436 g/mol. The van der Waals surface area contributed by atoms with Gasteiger partial charge in [-0.2, -0.15) is 10.0 Å². The summed E-state index contributed by atoms with van der Waals surface area (Å²) in [6.07, 6.45) is 1.76. The van der Waals surface area contributed by atoms with E-state index in [2.05, 4.69) is 58.5 Å². The number of morpholine rings is 1. The molecule has 170 valence electrons. The van der Waals surface area contributed by atoms with E-state index in [1.165, 1.54) is 27.9 Å². The maximum Gasteiger partial charge on any atom is 0.283 e. The van der Waals surface area contributed by atoms with E-state index in [0.717, 1.165) is 40.9 Å². The van der Waals surface area contributed by atoms with Crippen molar-refractivity contribution in [3.8, 4) is 5.69 Å². The number of carbonyl (C=O) groups excluding carboxylic acids is 1. The SMILES string of the molecule is Cc1ccc(-n2c(C)cc(/C=C3/C(=N)N4N=C(N5CCOCC5)SC4=NC3=O)c2C)c(C)c1. The molecule has 1 saturated heterocycles. The lowest BCUT2D eigenvalue weighted by atomic mass is 10.1. The highest BCUT2D eigenvalue weighted by atomic mass is 32.2. The molecule has 0 saturated carbocycles. The van der Waals surface area contributed by atoms with Crippen molar-refractivity contribution in [2.24, 2.45) is 10.1 Å². The van der Waals surface area contributed by atoms with Crippen molar-refractivity contribution in [3.05, 3.63) is 57.9 Å². The number of nitrogens with zero attached hydrogens (tertiary/aromatic N) is 5. The molecule has 33 heavy (non-hydrogen) atoms. The third-order valence-electron chi connectivity index (χ3n) is 6.09. The number of nitrogens with one attached hydrogen (secondary N) is 1. The third kappa shape index (κ3) is 3.81. The molecule has 9 heteroatoms. The summed E-state index contributed by atoms with van der Waals surface area (Å²) in [6.45, 7) is 11.0. The number of amidine groups is 3. The van der Waals surface area contributed by atoms with E-state index in [9.17, 15) is 4.79 Å². The molecule has 3 aliphatic heterocycles. The number of ether oxygens (including phenoxy) is 1. The van der Waals surface area contributed by atoms with Crippen LogP contribution in [-0.4, -0.2) is 62.9 Å². The number of thioether (sulfide) groups is 1. The van der Waals surface area contributed by atoms with Gasteiger partial charge in [0.1, 0.15) is 0 Å². The first-order valence-electron chi connectivity index (χ1n) is 10.9. The van der Waals surface area contributed by atoms with Crippen LogP contribution in [0.1, 0.15) is 28.1 Å². The molecule has 8 nitrogen and oxygen atoms in total. The lowest BCUT2D eigenvalue weighted by Gasteiger charge is -2.26. The smallest absolute Gasteiger partial charge is 0.283 e. The van der Waals surface area contributed by atoms with Gasteiger partial charge in [-0.25, -0.2) is 0 Å². The van der Waals surface area contributed by atoms with Gasteiger partial charge in [-0.3, -0.25) is 10.2 Å². The Hall–Kier alpha value is -3.17. The number of hydrogen-bond acceptors (Lipinski definition) is 6. The predicted octanol–water partition coefficient (Wildman–Crippen LogP) is 3.62. The van der Waals surface area contributed by atoms with Crippen molar-refractivity contribution < 1.29 is 9.53 Å². The van der Waals surface area contributed by atoms with Crippen LogP contribution < -0.4 is 0 Å². The van der Waals surface area contributed by atoms with Gasteiger partial charge in [-0.1, -0.05) is 17.7 Å². The zero-order valence-electron chi connectivity index (χ0n) is 19.2. The fraction of sp³-hybridized carbons (Fsp3) is 0.333. The van der Waals surface area contributed by atoms with Gasteiger partial charge in [0.15, 0.2) is 11.0 Å². The minimum atomic E-state index is -0.409. The summed E-state index contributed by atoms with van der Waals surface area (Å²) in [7, 11) is 0. The highest BCUT2D eigenvalue weighted by Crippen LogP contribution is 2.31. The lowest BCUT2D eigenvalue weighted by molar-refractivity contribution is -0.114. The van der Waals surface area contributed by atoms with E-state index in [4.69, 9.17) is 10.1 Å². The molecule has 4 heterocycles. The molecule has 3 aliphatic rings. The second-order valence-electron chi connectivity index (χ2n) is 8.45. The van der Waals surface area contributed by atoms with E-state index < -0.39 is 5.91 Å². The molecule has 0 radical (unpaired) electrons. The maximum atomic E-state index is 12.9. The topological polar surface area (TPSA) is 86.3 Å². The summed E-state index contributed by atoms with van der Waals surface area (Å²) in [5, 5.41) is 15.9. The van der Waals surface area contributed by atoms with Crippen LogP contribution in [0, 0.1) is 33.1 Å². The number of fused-ring (bicyclic) bond motifs is 1. The molecule has 1 N–H and O–H groups in total. The summed E-state index contributed by atoms with van der Waals surface area (Å²) in [4.78, 5) is 19.2. The first-order chi connectivity index (χ1) is 15.8. The molecule has 0 bridgehead atoms. The predicted molar refractivity (Wildman–Crippen MR) is 132 cm³/mol. The molecule has 1 fully saturated rings. The number of hydrogen-bond donors (Lipinski definition) is 1. The van der Waals surface area contributed by atoms with Crippen LogP contribution in [0.15, 0.2) is 39.9 Å². The van der Waals surface area contributed by atoms with Gasteiger partial charge in [0.2, 0.25) is 5.17 Å². The summed E-state index contributed by atoms with van der Waals surface area (Å²) in [5.74, 6) is -0.356. The van der Waals surface area contributed by atoms with Crippen LogP contribution in [-0.2, 0) is 9.53 Å². The zero-order valence-corrected chi connectivity index (χ0v) is 20.0. The quantitative estimate of drug-likeness (QED) is 0.689. The van der Waals surface area contributed by atoms with Crippen molar-refractivity contribution >= 4 is 39.9 Å².